The van der Waals surface area contributed by atoms with E-state index in [2.05, 4.69) is 41.0 Å². The lowest BCUT2D eigenvalue weighted by Crippen LogP contribution is -2.19. The quantitative estimate of drug-likeness (QED) is 0.887. The number of nitrogens with zero attached hydrogens (tertiary/aromatic N) is 4. The third-order valence-electron chi connectivity index (χ3n) is 2.99. The van der Waals surface area contributed by atoms with Crippen LogP contribution in [0.5, 0.6) is 0 Å². The summed E-state index contributed by atoms with van der Waals surface area (Å²) in [5.74, 6) is 3.04. The Hall–Kier alpha value is -2.11. The zero-order chi connectivity index (χ0) is 14.8. The fourth-order valence-electron chi connectivity index (χ4n) is 1.83. The van der Waals surface area contributed by atoms with Crippen LogP contribution in [0.25, 0.3) is 0 Å². The smallest absolute Gasteiger partial charge is 0.138 e. The minimum absolute atomic E-state index is 0.120. The molecule has 0 aliphatic heterocycles. The number of hydrogen-bond acceptors (Lipinski definition) is 5. The van der Waals surface area contributed by atoms with Crippen LogP contribution in [-0.2, 0) is 18.9 Å². The predicted molar refractivity (Wildman–Crippen MR) is 80.5 cm³/mol. The van der Waals surface area contributed by atoms with Crippen LogP contribution in [-0.4, -0.2) is 26.1 Å². The molecule has 2 aromatic heterocycles. The molecule has 108 valence electrons. The normalized spacial score (nSPS) is 11.6. The van der Waals surface area contributed by atoms with Crippen LogP contribution in [0.4, 0.5) is 11.6 Å². The Morgan fingerprint density at radius 1 is 1.30 bits per heavy atom. The molecule has 0 atom stereocenters. The predicted octanol–water partition coefficient (Wildman–Crippen LogP) is 1.74. The number of anilines is 2. The van der Waals surface area contributed by atoms with Crippen molar-refractivity contribution >= 4 is 11.6 Å². The van der Waals surface area contributed by atoms with E-state index in [4.69, 9.17) is 5.73 Å². The van der Waals surface area contributed by atoms with Gasteiger partial charge >= 0.3 is 0 Å². The number of nitrogen functional groups attached to an aromatic ring is 1. The van der Waals surface area contributed by atoms with Crippen LogP contribution in [0.15, 0.2) is 18.5 Å². The van der Waals surface area contributed by atoms with E-state index in [9.17, 15) is 0 Å². The SMILES string of the molecule is Cn1ccnc1CCNc1cc(N)nc(C(C)(C)C)n1. The van der Waals surface area contributed by atoms with Gasteiger partial charge in [-0.1, -0.05) is 20.8 Å². The Bertz CT molecular complexity index is 582. The molecule has 0 aliphatic carbocycles. The molecule has 0 spiro atoms. The van der Waals surface area contributed by atoms with Gasteiger partial charge < -0.3 is 15.6 Å². The van der Waals surface area contributed by atoms with Crippen molar-refractivity contribution in [3.63, 3.8) is 0 Å². The molecule has 0 unspecified atom stereocenters. The molecule has 2 aromatic rings. The van der Waals surface area contributed by atoms with Gasteiger partial charge in [-0.25, -0.2) is 15.0 Å². The molecular formula is C14H22N6. The summed E-state index contributed by atoms with van der Waals surface area (Å²) in [6.07, 6.45) is 4.57. The van der Waals surface area contributed by atoms with E-state index < -0.39 is 0 Å². The summed E-state index contributed by atoms with van der Waals surface area (Å²) < 4.78 is 2.01. The van der Waals surface area contributed by atoms with E-state index in [0.29, 0.717) is 5.82 Å². The molecule has 0 amide bonds. The highest BCUT2D eigenvalue weighted by Gasteiger charge is 2.18. The van der Waals surface area contributed by atoms with Crippen molar-refractivity contribution in [3.8, 4) is 0 Å². The molecule has 0 saturated carbocycles. The van der Waals surface area contributed by atoms with Crippen molar-refractivity contribution < 1.29 is 0 Å². The minimum Gasteiger partial charge on any atom is -0.384 e. The summed E-state index contributed by atoms with van der Waals surface area (Å²) in [6, 6.07) is 1.76. The van der Waals surface area contributed by atoms with Crippen molar-refractivity contribution in [2.45, 2.75) is 32.6 Å². The van der Waals surface area contributed by atoms with E-state index in [1.807, 2.05) is 17.8 Å². The molecular weight excluding hydrogens is 252 g/mol. The van der Waals surface area contributed by atoms with Gasteiger partial charge in [0.1, 0.15) is 23.3 Å². The van der Waals surface area contributed by atoms with Crippen LogP contribution >= 0.6 is 0 Å². The Morgan fingerprint density at radius 2 is 2.05 bits per heavy atom. The van der Waals surface area contributed by atoms with Crippen LogP contribution < -0.4 is 11.1 Å². The number of hydrogen-bond donors (Lipinski definition) is 2. The fourth-order valence-corrected chi connectivity index (χ4v) is 1.83. The number of nitrogens with one attached hydrogen (secondary N) is 1. The second kappa shape index (κ2) is 5.48. The van der Waals surface area contributed by atoms with Crippen molar-refractivity contribution in [2.75, 3.05) is 17.6 Å². The lowest BCUT2D eigenvalue weighted by molar-refractivity contribution is 0.547. The molecule has 6 heteroatoms. The maximum atomic E-state index is 5.84. The lowest BCUT2D eigenvalue weighted by Gasteiger charge is -2.18. The average Bonchev–Trinajstić information content (AvgIpc) is 2.73. The minimum atomic E-state index is -0.120. The van der Waals surface area contributed by atoms with Gasteiger partial charge in [0.2, 0.25) is 0 Å². The van der Waals surface area contributed by atoms with E-state index >= 15 is 0 Å². The van der Waals surface area contributed by atoms with Crippen LogP contribution in [0.3, 0.4) is 0 Å². The van der Waals surface area contributed by atoms with Crippen LogP contribution in [0.1, 0.15) is 32.4 Å². The highest BCUT2D eigenvalue weighted by atomic mass is 15.1. The maximum Gasteiger partial charge on any atom is 0.138 e. The second-order valence-corrected chi connectivity index (χ2v) is 5.88. The summed E-state index contributed by atoms with van der Waals surface area (Å²) >= 11 is 0. The number of rotatable bonds is 4. The third kappa shape index (κ3) is 3.46. The summed E-state index contributed by atoms with van der Waals surface area (Å²) in [6.45, 7) is 6.96. The number of imidazole rings is 1. The highest BCUT2D eigenvalue weighted by Crippen LogP contribution is 2.21. The third-order valence-corrected chi connectivity index (χ3v) is 2.99. The highest BCUT2D eigenvalue weighted by molar-refractivity contribution is 5.45. The largest absolute Gasteiger partial charge is 0.384 e. The number of aryl methyl sites for hydroxylation is 1. The Kier molecular flexibility index (Phi) is 3.92. The van der Waals surface area contributed by atoms with Crippen molar-refractivity contribution in [1.29, 1.82) is 0 Å². The summed E-state index contributed by atoms with van der Waals surface area (Å²) in [7, 11) is 1.99. The summed E-state index contributed by atoms with van der Waals surface area (Å²) in [5.41, 5.74) is 5.72. The van der Waals surface area contributed by atoms with E-state index in [1.54, 1.807) is 12.3 Å². The lowest BCUT2D eigenvalue weighted by atomic mass is 9.96. The van der Waals surface area contributed by atoms with Crippen molar-refractivity contribution in [1.82, 2.24) is 19.5 Å². The molecule has 2 heterocycles. The fraction of sp³-hybridized carbons (Fsp3) is 0.500. The summed E-state index contributed by atoms with van der Waals surface area (Å²) in [5, 5.41) is 3.28. The van der Waals surface area contributed by atoms with E-state index in [-0.39, 0.29) is 5.41 Å². The second-order valence-electron chi connectivity index (χ2n) is 5.88. The first-order valence-corrected chi connectivity index (χ1v) is 6.71. The van der Waals surface area contributed by atoms with E-state index in [0.717, 1.165) is 30.4 Å². The molecule has 0 saturated heterocycles. The molecule has 0 fully saturated rings. The monoisotopic (exact) mass is 274 g/mol. The number of nitrogens with two attached hydrogens (primary N) is 1. The maximum absolute atomic E-state index is 5.84. The zero-order valence-corrected chi connectivity index (χ0v) is 12.5. The van der Waals surface area contributed by atoms with Gasteiger partial charge in [-0.15, -0.1) is 0 Å². The topological polar surface area (TPSA) is 81.7 Å². The zero-order valence-electron chi connectivity index (χ0n) is 12.5. The Labute approximate surface area is 119 Å². The van der Waals surface area contributed by atoms with Crippen LogP contribution in [0.2, 0.25) is 0 Å². The molecule has 0 bridgehead atoms. The standard InChI is InChI=1S/C14H22N6/c1-14(2,3)13-18-10(15)9-11(19-13)16-6-5-12-17-7-8-20(12)4/h7-9H,5-6H2,1-4H3,(H3,15,16,18,19). The van der Waals surface area contributed by atoms with E-state index in [1.165, 1.54) is 0 Å². The van der Waals surface area contributed by atoms with Gasteiger partial charge in [-0.3, -0.25) is 0 Å². The Balaban J connectivity index is 2.03. The van der Waals surface area contributed by atoms with Gasteiger partial charge in [0, 0.05) is 43.9 Å². The Morgan fingerprint density at radius 3 is 2.65 bits per heavy atom. The van der Waals surface area contributed by atoms with Crippen LogP contribution in [0, 0.1) is 0 Å². The van der Waals surface area contributed by atoms with Crippen molar-refractivity contribution in [2.24, 2.45) is 7.05 Å². The molecule has 0 radical (unpaired) electrons. The molecule has 6 nitrogen and oxygen atoms in total. The average molecular weight is 274 g/mol. The first kappa shape index (κ1) is 14.3. The first-order chi connectivity index (χ1) is 9.36. The van der Waals surface area contributed by atoms with Gasteiger partial charge in [0.25, 0.3) is 0 Å². The summed E-state index contributed by atoms with van der Waals surface area (Å²) in [4.78, 5) is 13.1. The van der Waals surface area contributed by atoms with Gasteiger partial charge in [-0.05, 0) is 0 Å². The van der Waals surface area contributed by atoms with Gasteiger partial charge in [-0.2, -0.15) is 0 Å². The van der Waals surface area contributed by atoms with Crippen molar-refractivity contribution in [3.05, 3.63) is 30.1 Å². The first-order valence-electron chi connectivity index (χ1n) is 6.71. The van der Waals surface area contributed by atoms with Gasteiger partial charge in [0.15, 0.2) is 0 Å². The van der Waals surface area contributed by atoms with Gasteiger partial charge in [0.05, 0.1) is 0 Å². The molecule has 3 N–H and O–H groups in total. The molecule has 20 heavy (non-hydrogen) atoms. The number of aromatic nitrogens is 4. The molecule has 2 rings (SSSR count). The molecule has 0 aliphatic rings. The molecule has 0 aromatic carbocycles.